The number of hydrogen-bond donors (Lipinski definition) is 1. The Morgan fingerprint density at radius 3 is 2.70 bits per heavy atom. The van der Waals surface area contributed by atoms with Crippen molar-refractivity contribution in [2.45, 2.75) is 32.6 Å². The Labute approximate surface area is 120 Å². The van der Waals surface area contributed by atoms with Gasteiger partial charge >= 0.3 is 0 Å². The van der Waals surface area contributed by atoms with Gasteiger partial charge in [0.25, 0.3) is 5.91 Å². The molecule has 1 aliphatic rings. The molecule has 4 nitrogen and oxygen atoms in total. The van der Waals surface area contributed by atoms with Gasteiger partial charge in [-0.1, -0.05) is 30.3 Å². The van der Waals surface area contributed by atoms with Crippen molar-refractivity contribution >= 4 is 11.6 Å². The molecule has 1 aromatic rings. The first-order valence-electron chi connectivity index (χ1n) is 7.33. The second-order valence-electron chi connectivity index (χ2n) is 5.28. The molecule has 108 valence electrons. The molecule has 1 amide bonds. The standard InChI is InChI=1S/C16H23N3O/c1-13-15(10-5-11-17)16(20)19(18-13)12-6-9-14-7-3-2-4-8-14/h2-4,7-8,15H,5-6,9-12,17H2,1H3. The molecule has 2 N–H and O–H groups in total. The summed E-state index contributed by atoms with van der Waals surface area (Å²) >= 11 is 0. The summed E-state index contributed by atoms with van der Waals surface area (Å²) in [6.07, 6.45) is 3.61. The van der Waals surface area contributed by atoms with Gasteiger partial charge in [0.2, 0.25) is 0 Å². The van der Waals surface area contributed by atoms with Crippen molar-refractivity contribution < 1.29 is 4.79 Å². The van der Waals surface area contributed by atoms with Crippen LogP contribution in [0.15, 0.2) is 35.4 Å². The molecule has 0 bridgehead atoms. The van der Waals surface area contributed by atoms with Gasteiger partial charge in [0.1, 0.15) is 0 Å². The van der Waals surface area contributed by atoms with Crippen LogP contribution in [-0.4, -0.2) is 29.7 Å². The fraction of sp³-hybridized carbons (Fsp3) is 0.500. The van der Waals surface area contributed by atoms with Gasteiger partial charge in [0.05, 0.1) is 5.92 Å². The van der Waals surface area contributed by atoms with E-state index in [0.717, 1.165) is 31.4 Å². The Morgan fingerprint density at radius 1 is 1.25 bits per heavy atom. The molecule has 0 spiro atoms. The number of nitrogens with zero attached hydrogens (tertiary/aromatic N) is 2. The van der Waals surface area contributed by atoms with E-state index in [1.807, 2.05) is 25.1 Å². The number of benzene rings is 1. The van der Waals surface area contributed by atoms with Gasteiger partial charge in [-0.2, -0.15) is 5.10 Å². The van der Waals surface area contributed by atoms with Crippen LogP contribution in [0.4, 0.5) is 0 Å². The largest absolute Gasteiger partial charge is 0.330 e. The van der Waals surface area contributed by atoms with E-state index < -0.39 is 0 Å². The zero-order chi connectivity index (χ0) is 14.4. The van der Waals surface area contributed by atoms with E-state index in [1.165, 1.54) is 5.56 Å². The molecule has 1 aromatic carbocycles. The minimum absolute atomic E-state index is 0.0460. The third-order valence-electron chi connectivity index (χ3n) is 3.71. The third-order valence-corrected chi connectivity index (χ3v) is 3.71. The van der Waals surface area contributed by atoms with E-state index >= 15 is 0 Å². The van der Waals surface area contributed by atoms with Gasteiger partial charge < -0.3 is 5.73 Å². The lowest BCUT2D eigenvalue weighted by Gasteiger charge is -2.14. The van der Waals surface area contributed by atoms with Gasteiger partial charge in [-0.15, -0.1) is 0 Å². The highest BCUT2D eigenvalue weighted by Gasteiger charge is 2.32. The molecule has 0 aliphatic carbocycles. The molecule has 2 rings (SSSR count). The molecule has 0 aromatic heterocycles. The number of hydrogen-bond acceptors (Lipinski definition) is 3. The predicted octanol–water partition coefficient (Wildman–Crippen LogP) is 2.19. The Balaban J connectivity index is 1.81. The van der Waals surface area contributed by atoms with Gasteiger partial charge in [-0.25, -0.2) is 5.01 Å². The minimum Gasteiger partial charge on any atom is -0.330 e. The van der Waals surface area contributed by atoms with Crippen LogP contribution < -0.4 is 5.73 Å². The molecular formula is C16H23N3O. The Kier molecular flexibility index (Phi) is 5.30. The smallest absolute Gasteiger partial charge is 0.251 e. The van der Waals surface area contributed by atoms with Crippen LogP contribution in [0, 0.1) is 5.92 Å². The summed E-state index contributed by atoms with van der Waals surface area (Å²) in [4.78, 5) is 12.2. The van der Waals surface area contributed by atoms with Crippen molar-refractivity contribution in [3.63, 3.8) is 0 Å². The third kappa shape index (κ3) is 3.67. The number of carbonyl (C=O) groups is 1. The van der Waals surface area contributed by atoms with Crippen molar-refractivity contribution in [3.8, 4) is 0 Å². The van der Waals surface area contributed by atoms with Crippen molar-refractivity contribution in [3.05, 3.63) is 35.9 Å². The minimum atomic E-state index is -0.0460. The predicted molar refractivity (Wildman–Crippen MR) is 81.4 cm³/mol. The van der Waals surface area contributed by atoms with E-state index in [4.69, 9.17) is 5.73 Å². The van der Waals surface area contributed by atoms with E-state index in [0.29, 0.717) is 13.1 Å². The Hall–Kier alpha value is -1.68. The van der Waals surface area contributed by atoms with E-state index in [9.17, 15) is 4.79 Å². The zero-order valence-corrected chi connectivity index (χ0v) is 12.1. The fourth-order valence-electron chi connectivity index (χ4n) is 2.56. The van der Waals surface area contributed by atoms with E-state index in [-0.39, 0.29) is 11.8 Å². The molecule has 0 radical (unpaired) electrons. The van der Waals surface area contributed by atoms with Crippen LogP contribution in [0.5, 0.6) is 0 Å². The normalized spacial score (nSPS) is 18.5. The summed E-state index contributed by atoms with van der Waals surface area (Å²) < 4.78 is 0. The highest BCUT2D eigenvalue weighted by molar-refractivity contribution is 6.06. The zero-order valence-electron chi connectivity index (χ0n) is 12.1. The molecule has 1 aliphatic heterocycles. The van der Waals surface area contributed by atoms with Crippen molar-refractivity contribution in [2.24, 2.45) is 16.8 Å². The van der Waals surface area contributed by atoms with Crippen LogP contribution in [-0.2, 0) is 11.2 Å². The number of aryl methyl sites for hydroxylation is 1. The number of rotatable bonds is 7. The van der Waals surface area contributed by atoms with E-state index in [2.05, 4.69) is 17.2 Å². The van der Waals surface area contributed by atoms with Gasteiger partial charge in [0.15, 0.2) is 0 Å². The maximum Gasteiger partial charge on any atom is 0.251 e. The first-order valence-corrected chi connectivity index (χ1v) is 7.33. The van der Waals surface area contributed by atoms with Crippen LogP contribution in [0.1, 0.15) is 31.7 Å². The Bertz CT molecular complexity index is 470. The van der Waals surface area contributed by atoms with Crippen LogP contribution >= 0.6 is 0 Å². The molecular weight excluding hydrogens is 250 g/mol. The molecule has 0 saturated carbocycles. The molecule has 1 heterocycles. The second-order valence-corrected chi connectivity index (χ2v) is 5.28. The summed E-state index contributed by atoms with van der Waals surface area (Å²) in [5.74, 6) is 0.0966. The van der Waals surface area contributed by atoms with Crippen LogP contribution in [0.25, 0.3) is 0 Å². The lowest BCUT2D eigenvalue weighted by atomic mass is 9.98. The van der Waals surface area contributed by atoms with Gasteiger partial charge in [0, 0.05) is 12.3 Å². The highest BCUT2D eigenvalue weighted by atomic mass is 16.2. The average molecular weight is 273 g/mol. The monoisotopic (exact) mass is 273 g/mol. The lowest BCUT2D eigenvalue weighted by Crippen LogP contribution is -2.28. The number of nitrogens with two attached hydrogens (primary N) is 1. The van der Waals surface area contributed by atoms with Gasteiger partial charge in [-0.3, -0.25) is 4.79 Å². The number of carbonyl (C=O) groups excluding carboxylic acids is 1. The van der Waals surface area contributed by atoms with Crippen LogP contribution in [0.3, 0.4) is 0 Å². The maximum atomic E-state index is 12.2. The molecule has 20 heavy (non-hydrogen) atoms. The molecule has 4 heteroatoms. The summed E-state index contributed by atoms with van der Waals surface area (Å²) in [6.45, 7) is 3.27. The molecule has 0 saturated heterocycles. The summed E-state index contributed by atoms with van der Waals surface area (Å²) in [7, 11) is 0. The Morgan fingerprint density at radius 2 is 2.00 bits per heavy atom. The lowest BCUT2D eigenvalue weighted by molar-refractivity contribution is -0.131. The summed E-state index contributed by atoms with van der Waals surface area (Å²) in [6, 6.07) is 10.3. The topological polar surface area (TPSA) is 58.7 Å². The van der Waals surface area contributed by atoms with Gasteiger partial charge in [-0.05, 0) is 44.7 Å². The van der Waals surface area contributed by atoms with Crippen LogP contribution in [0.2, 0.25) is 0 Å². The van der Waals surface area contributed by atoms with Crippen molar-refractivity contribution in [2.75, 3.05) is 13.1 Å². The molecule has 1 atom stereocenters. The SMILES string of the molecule is CC1=NN(CCCc2ccccc2)C(=O)C1CCCN. The first-order chi connectivity index (χ1) is 9.72. The quantitative estimate of drug-likeness (QED) is 0.828. The highest BCUT2D eigenvalue weighted by Crippen LogP contribution is 2.20. The summed E-state index contributed by atoms with van der Waals surface area (Å²) in [5, 5.41) is 6.03. The molecule has 1 unspecified atom stereocenters. The number of amides is 1. The molecule has 0 fully saturated rings. The fourth-order valence-corrected chi connectivity index (χ4v) is 2.56. The second kappa shape index (κ2) is 7.20. The first kappa shape index (κ1) is 14.7. The van der Waals surface area contributed by atoms with Crippen molar-refractivity contribution in [1.82, 2.24) is 5.01 Å². The van der Waals surface area contributed by atoms with Crippen molar-refractivity contribution in [1.29, 1.82) is 0 Å². The summed E-state index contributed by atoms with van der Waals surface area (Å²) in [5.41, 5.74) is 7.75. The average Bonchev–Trinajstić information content (AvgIpc) is 2.73. The maximum absolute atomic E-state index is 12.2. The van der Waals surface area contributed by atoms with E-state index in [1.54, 1.807) is 5.01 Å². The number of hydrazone groups is 1.